The van der Waals surface area contributed by atoms with E-state index in [0.29, 0.717) is 24.6 Å². The van der Waals surface area contributed by atoms with Crippen LogP contribution in [0.15, 0.2) is 36.9 Å². The summed E-state index contributed by atoms with van der Waals surface area (Å²) in [4.78, 5) is 12.3. The largest absolute Gasteiger partial charge is 0.493 e. The highest BCUT2D eigenvalue weighted by molar-refractivity contribution is 5.78. The minimum absolute atomic E-state index is 0.130. The maximum atomic E-state index is 12.3. The molecule has 3 aliphatic rings. The van der Waals surface area contributed by atoms with E-state index < -0.39 is 0 Å². The van der Waals surface area contributed by atoms with Gasteiger partial charge in [-0.15, -0.1) is 6.58 Å². The quantitative estimate of drug-likeness (QED) is 0.818. The number of allylic oxidation sites excluding steroid dienone is 1. The van der Waals surface area contributed by atoms with Crippen LogP contribution in [0.3, 0.4) is 0 Å². The highest BCUT2D eigenvalue weighted by Crippen LogP contribution is 2.56. The topological polar surface area (TPSA) is 59.6 Å². The fourth-order valence-electron chi connectivity index (χ4n) is 5.09. The summed E-state index contributed by atoms with van der Waals surface area (Å²) in [5.74, 6) is 2.22. The van der Waals surface area contributed by atoms with Gasteiger partial charge in [-0.2, -0.15) is 0 Å². The number of nitrogens with one attached hydrogen (secondary N) is 2. The molecule has 5 heteroatoms. The van der Waals surface area contributed by atoms with Crippen molar-refractivity contribution in [2.75, 3.05) is 26.1 Å². The standard InChI is InChI=1S/C21H26N2O3/c1-4-13-14-6-8-21(7-5-9-22-19(24)12-21)20(14)23-16-11-18(26-3)17(25-2)10-15(13)16/h4-5,7,10-11,13-14,20,23H,1,6,8-9,12H2,2-3H3,(H,22,24)/t13-,14-,20-,21+/m0/s1. The number of hydrogen-bond donors (Lipinski definition) is 2. The third-order valence-electron chi connectivity index (χ3n) is 6.29. The number of carbonyl (C=O) groups excluding carboxylic acids is 1. The summed E-state index contributed by atoms with van der Waals surface area (Å²) in [5, 5.41) is 6.70. The zero-order chi connectivity index (χ0) is 18.3. The molecule has 1 aliphatic carbocycles. The van der Waals surface area contributed by atoms with Crippen LogP contribution in [0.5, 0.6) is 11.5 Å². The van der Waals surface area contributed by atoms with E-state index in [1.807, 2.05) is 12.1 Å². The third-order valence-corrected chi connectivity index (χ3v) is 6.29. The Balaban J connectivity index is 1.79. The number of anilines is 1. The van der Waals surface area contributed by atoms with Gasteiger partial charge in [-0.25, -0.2) is 0 Å². The minimum atomic E-state index is -0.142. The van der Waals surface area contributed by atoms with Gasteiger partial charge in [-0.3, -0.25) is 4.79 Å². The molecule has 138 valence electrons. The summed E-state index contributed by atoms with van der Waals surface area (Å²) in [6.07, 6.45) is 9.01. The molecule has 2 heterocycles. The van der Waals surface area contributed by atoms with Crippen molar-refractivity contribution < 1.29 is 14.3 Å². The molecule has 1 amide bonds. The maximum absolute atomic E-state index is 12.3. The monoisotopic (exact) mass is 354 g/mol. The van der Waals surface area contributed by atoms with Crippen LogP contribution in [0.4, 0.5) is 5.69 Å². The van der Waals surface area contributed by atoms with Gasteiger partial charge in [0, 0.05) is 42.1 Å². The molecule has 0 radical (unpaired) electrons. The molecular weight excluding hydrogens is 328 g/mol. The average molecular weight is 354 g/mol. The Morgan fingerprint density at radius 2 is 2.04 bits per heavy atom. The molecule has 2 N–H and O–H groups in total. The molecule has 0 aromatic heterocycles. The highest BCUT2D eigenvalue weighted by atomic mass is 16.5. The minimum Gasteiger partial charge on any atom is -0.493 e. The predicted octanol–water partition coefficient (Wildman–Crippen LogP) is 3.24. The van der Waals surface area contributed by atoms with E-state index in [1.54, 1.807) is 14.2 Å². The first-order valence-electron chi connectivity index (χ1n) is 9.21. The van der Waals surface area contributed by atoms with Crippen LogP contribution in [0.25, 0.3) is 0 Å². The lowest BCUT2D eigenvalue weighted by Gasteiger charge is -2.42. The zero-order valence-corrected chi connectivity index (χ0v) is 15.4. The molecule has 1 aromatic rings. The van der Waals surface area contributed by atoms with Gasteiger partial charge in [0.05, 0.1) is 14.2 Å². The normalized spacial score (nSPS) is 32.1. The molecule has 1 aromatic carbocycles. The van der Waals surface area contributed by atoms with Crippen LogP contribution in [-0.4, -0.2) is 32.7 Å². The fraction of sp³-hybridized carbons (Fsp3) is 0.476. The second-order valence-electron chi connectivity index (χ2n) is 7.50. The van der Waals surface area contributed by atoms with E-state index in [0.717, 1.165) is 24.3 Å². The van der Waals surface area contributed by atoms with Crippen LogP contribution >= 0.6 is 0 Å². The summed E-state index contributed by atoms with van der Waals surface area (Å²) in [7, 11) is 3.31. The number of benzene rings is 1. The molecule has 4 rings (SSSR count). The van der Waals surface area contributed by atoms with Gasteiger partial charge in [0.2, 0.25) is 5.91 Å². The second kappa shape index (κ2) is 6.38. The van der Waals surface area contributed by atoms with E-state index in [1.165, 1.54) is 5.56 Å². The lowest BCUT2D eigenvalue weighted by Crippen LogP contribution is -2.44. The fourth-order valence-corrected chi connectivity index (χ4v) is 5.09. The van der Waals surface area contributed by atoms with E-state index in [-0.39, 0.29) is 23.3 Å². The van der Waals surface area contributed by atoms with E-state index >= 15 is 0 Å². The van der Waals surface area contributed by atoms with Crippen molar-refractivity contribution in [3.63, 3.8) is 0 Å². The SMILES string of the molecule is C=C[C@@H]1c2cc(OC)c(OC)cc2N[C@H]2[C@H]1CC[C@@]21C=CCNC(=O)C1. The first-order chi connectivity index (χ1) is 12.6. The third kappa shape index (κ3) is 2.49. The van der Waals surface area contributed by atoms with Gasteiger partial charge in [-0.05, 0) is 30.4 Å². The Morgan fingerprint density at radius 3 is 2.77 bits per heavy atom. The molecule has 1 saturated carbocycles. The van der Waals surface area contributed by atoms with Crippen molar-refractivity contribution in [3.8, 4) is 11.5 Å². The van der Waals surface area contributed by atoms with Crippen molar-refractivity contribution in [3.05, 3.63) is 42.5 Å². The predicted molar refractivity (Wildman–Crippen MR) is 102 cm³/mol. The first-order valence-corrected chi connectivity index (χ1v) is 9.21. The maximum Gasteiger partial charge on any atom is 0.221 e. The molecule has 0 unspecified atom stereocenters. The van der Waals surface area contributed by atoms with E-state index in [9.17, 15) is 4.79 Å². The lowest BCUT2D eigenvalue weighted by molar-refractivity contribution is -0.122. The average Bonchev–Trinajstić information content (AvgIpc) is 2.87. The van der Waals surface area contributed by atoms with Crippen molar-refractivity contribution in [2.45, 2.75) is 31.2 Å². The Bertz CT molecular complexity index is 773. The molecular formula is C21H26N2O3. The smallest absolute Gasteiger partial charge is 0.221 e. The van der Waals surface area contributed by atoms with Crippen LogP contribution in [0, 0.1) is 11.3 Å². The Hall–Kier alpha value is -2.43. The van der Waals surface area contributed by atoms with Crippen molar-refractivity contribution in [1.29, 1.82) is 0 Å². The zero-order valence-electron chi connectivity index (χ0n) is 15.4. The van der Waals surface area contributed by atoms with E-state index in [2.05, 4.69) is 35.4 Å². The van der Waals surface area contributed by atoms with Gasteiger partial charge in [0.1, 0.15) is 0 Å². The summed E-state index contributed by atoms with van der Waals surface area (Å²) in [5.41, 5.74) is 2.10. The molecule has 1 fully saturated rings. The van der Waals surface area contributed by atoms with Crippen LogP contribution < -0.4 is 20.1 Å². The van der Waals surface area contributed by atoms with Crippen LogP contribution in [0.1, 0.15) is 30.7 Å². The molecule has 2 aliphatic heterocycles. The number of carbonyl (C=O) groups is 1. The van der Waals surface area contributed by atoms with Crippen LogP contribution in [-0.2, 0) is 4.79 Å². The summed E-state index contributed by atoms with van der Waals surface area (Å²) >= 11 is 0. The van der Waals surface area contributed by atoms with Gasteiger partial charge in [0.25, 0.3) is 0 Å². The Labute approximate surface area is 154 Å². The number of rotatable bonds is 3. The van der Waals surface area contributed by atoms with Crippen LogP contribution in [0.2, 0.25) is 0 Å². The van der Waals surface area contributed by atoms with Gasteiger partial charge >= 0.3 is 0 Å². The van der Waals surface area contributed by atoms with Gasteiger partial charge < -0.3 is 20.1 Å². The van der Waals surface area contributed by atoms with Gasteiger partial charge in [0.15, 0.2) is 11.5 Å². The molecule has 4 atom stereocenters. The summed E-state index contributed by atoms with van der Waals surface area (Å²) in [6, 6.07) is 4.27. The molecule has 0 bridgehead atoms. The number of hydrogen-bond acceptors (Lipinski definition) is 4. The van der Waals surface area contributed by atoms with Crippen molar-refractivity contribution in [2.24, 2.45) is 11.3 Å². The number of ether oxygens (including phenoxy) is 2. The van der Waals surface area contributed by atoms with Crippen molar-refractivity contribution in [1.82, 2.24) is 5.32 Å². The summed E-state index contributed by atoms with van der Waals surface area (Å²) < 4.78 is 11.0. The molecule has 26 heavy (non-hydrogen) atoms. The lowest BCUT2D eigenvalue weighted by atomic mass is 9.71. The number of fused-ring (bicyclic) bond motifs is 3. The van der Waals surface area contributed by atoms with E-state index in [4.69, 9.17) is 9.47 Å². The second-order valence-corrected chi connectivity index (χ2v) is 7.50. The number of amides is 1. The van der Waals surface area contributed by atoms with Gasteiger partial charge in [-0.1, -0.05) is 18.2 Å². The van der Waals surface area contributed by atoms with Crippen molar-refractivity contribution >= 4 is 11.6 Å². The Morgan fingerprint density at radius 1 is 1.27 bits per heavy atom. The molecule has 5 nitrogen and oxygen atoms in total. The highest BCUT2D eigenvalue weighted by Gasteiger charge is 2.52. The number of methoxy groups -OCH3 is 2. The summed E-state index contributed by atoms with van der Waals surface area (Å²) in [6.45, 7) is 4.73. The Kier molecular flexibility index (Phi) is 4.17. The molecule has 1 spiro atoms. The first kappa shape index (κ1) is 17.0. The molecule has 0 saturated heterocycles.